The molecule has 0 heterocycles. The quantitative estimate of drug-likeness (QED) is 0.821. The summed E-state index contributed by atoms with van der Waals surface area (Å²) in [4.78, 5) is 0. The second-order valence-corrected chi connectivity index (χ2v) is 5.82. The summed E-state index contributed by atoms with van der Waals surface area (Å²) in [6.07, 6.45) is 5.70. The molecule has 92 valence electrons. The van der Waals surface area contributed by atoms with Crippen LogP contribution < -0.4 is 5.32 Å². The molecule has 0 spiro atoms. The lowest BCUT2D eigenvalue weighted by molar-refractivity contribution is 0.403. The minimum atomic E-state index is -0.106. The van der Waals surface area contributed by atoms with Crippen LogP contribution in [-0.4, -0.2) is 6.54 Å². The molecule has 1 aromatic carbocycles. The van der Waals surface area contributed by atoms with E-state index in [0.29, 0.717) is 5.41 Å². The molecular weight excluding hydrogens is 213 g/mol. The summed E-state index contributed by atoms with van der Waals surface area (Å²) in [5.41, 5.74) is 2.58. The van der Waals surface area contributed by atoms with Gasteiger partial charge in [0.05, 0.1) is 0 Å². The molecule has 2 aliphatic carbocycles. The molecule has 3 rings (SSSR count). The summed E-state index contributed by atoms with van der Waals surface area (Å²) in [6, 6.07) is 5.39. The molecule has 0 aliphatic heterocycles. The van der Waals surface area contributed by atoms with Gasteiger partial charge in [-0.05, 0) is 61.1 Å². The molecule has 0 radical (unpaired) electrons. The second kappa shape index (κ2) is 4.09. The van der Waals surface area contributed by atoms with Gasteiger partial charge >= 0.3 is 0 Å². The summed E-state index contributed by atoms with van der Waals surface area (Å²) in [6.45, 7) is 3.84. The third kappa shape index (κ3) is 2.37. The Morgan fingerprint density at radius 3 is 2.71 bits per heavy atom. The first kappa shape index (κ1) is 11.2. The fourth-order valence-corrected chi connectivity index (χ4v) is 2.86. The minimum Gasteiger partial charge on any atom is -0.312 e. The van der Waals surface area contributed by atoms with Crippen molar-refractivity contribution in [2.24, 2.45) is 11.3 Å². The van der Waals surface area contributed by atoms with Crippen molar-refractivity contribution in [1.29, 1.82) is 0 Å². The summed E-state index contributed by atoms with van der Waals surface area (Å²) >= 11 is 0. The van der Waals surface area contributed by atoms with E-state index < -0.39 is 0 Å². The first-order chi connectivity index (χ1) is 8.20. The number of rotatable bonds is 5. The SMILES string of the molecule is Cc1cc(CNCC2(C3CC3)CC2)ccc1F. The third-order valence-corrected chi connectivity index (χ3v) is 4.36. The first-order valence-corrected chi connectivity index (χ1v) is 6.65. The first-order valence-electron chi connectivity index (χ1n) is 6.65. The molecule has 1 aromatic rings. The van der Waals surface area contributed by atoms with Crippen molar-refractivity contribution < 1.29 is 4.39 Å². The van der Waals surface area contributed by atoms with Crippen LogP contribution in [0.5, 0.6) is 0 Å². The lowest BCUT2D eigenvalue weighted by atomic mass is 10.0. The molecule has 2 fully saturated rings. The highest BCUT2D eigenvalue weighted by Gasteiger charge is 2.53. The lowest BCUT2D eigenvalue weighted by Gasteiger charge is -2.15. The highest BCUT2D eigenvalue weighted by Crippen LogP contribution is 2.60. The van der Waals surface area contributed by atoms with E-state index in [9.17, 15) is 4.39 Å². The number of hydrogen-bond donors (Lipinski definition) is 1. The third-order valence-electron chi connectivity index (χ3n) is 4.36. The van der Waals surface area contributed by atoms with Gasteiger partial charge in [0, 0.05) is 13.1 Å². The van der Waals surface area contributed by atoms with Crippen LogP contribution in [0.2, 0.25) is 0 Å². The number of aryl methyl sites for hydroxylation is 1. The Hall–Kier alpha value is -0.890. The summed E-state index contributed by atoms with van der Waals surface area (Å²) < 4.78 is 13.1. The molecule has 2 heteroatoms. The number of nitrogens with one attached hydrogen (secondary N) is 1. The van der Waals surface area contributed by atoms with Gasteiger partial charge < -0.3 is 5.32 Å². The minimum absolute atomic E-state index is 0.106. The van der Waals surface area contributed by atoms with E-state index in [-0.39, 0.29) is 5.82 Å². The Kier molecular flexibility index (Phi) is 2.70. The van der Waals surface area contributed by atoms with E-state index >= 15 is 0 Å². The predicted molar refractivity (Wildman–Crippen MR) is 67.2 cm³/mol. The van der Waals surface area contributed by atoms with E-state index in [1.54, 1.807) is 6.07 Å². The van der Waals surface area contributed by atoms with E-state index in [1.807, 2.05) is 19.1 Å². The van der Waals surface area contributed by atoms with Gasteiger partial charge in [-0.3, -0.25) is 0 Å². The molecule has 2 saturated carbocycles. The van der Waals surface area contributed by atoms with Gasteiger partial charge in [-0.2, -0.15) is 0 Å². The largest absolute Gasteiger partial charge is 0.312 e. The van der Waals surface area contributed by atoms with Crippen LogP contribution in [0.4, 0.5) is 4.39 Å². The van der Waals surface area contributed by atoms with Crippen LogP contribution in [0.3, 0.4) is 0 Å². The van der Waals surface area contributed by atoms with Crippen molar-refractivity contribution in [3.63, 3.8) is 0 Å². The molecule has 1 N–H and O–H groups in total. The lowest BCUT2D eigenvalue weighted by Crippen LogP contribution is -2.25. The molecule has 0 bridgehead atoms. The molecule has 0 aromatic heterocycles. The average molecular weight is 233 g/mol. The summed E-state index contributed by atoms with van der Waals surface area (Å²) in [7, 11) is 0. The van der Waals surface area contributed by atoms with Crippen LogP contribution in [0.1, 0.15) is 36.8 Å². The van der Waals surface area contributed by atoms with Gasteiger partial charge in [-0.1, -0.05) is 12.1 Å². The van der Waals surface area contributed by atoms with Crippen molar-refractivity contribution in [1.82, 2.24) is 5.32 Å². The second-order valence-electron chi connectivity index (χ2n) is 5.82. The van der Waals surface area contributed by atoms with Crippen molar-refractivity contribution in [3.8, 4) is 0 Å². The van der Waals surface area contributed by atoms with Crippen molar-refractivity contribution in [2.75, 3.05) is 6.54 Å². The molecular formula is C15H20FN. The highest BCUT2D eigenvalue weighted by atomic mass is 19.1. The van der Waals surface area contributed by atoms with Gasteiger partial charge in [0.1, 0.15) is 5.82 Å². The molecule has 1 nitrogen and oxygen atoms in total. The Bertz CT molecular complexity index is 419. The van der Waals surface area contributed by atoms with E-state index in [0.717, 1.165) is 24.6 Å². The maximum absolute atomic E-state index is 13.1. The van der Waals surface area contributed by atoms with Gasteiger partial charge in [0.25, 0.3) is 0 Å². The standard InChI is InChI=1S/C15H20FN/c1-11-8-12(2-5-14(11)16)9-17-10-15(6-7-15)13-3-4-13/h2,5,8,13,17H,3-4,6-7,9-10H2,1H3. The Morgan fingerprint density at radius 2 is 2.12 bits per heavy atom. The zero-order valence-electron chi connectivity index (χ0n) is 10.4. The van der Waals surface area contributed by atoms with Crippen molar-refractivity contribution in [2.45, 2.75) is 39.2 Å². The van der Waals surface area contributed by atoms with Crippen molar-refractivity contribution in [3.05, 3.63) is 35.1 Å². The van der Waals surface area contributed by atoms with E-state index in [4.69, 9.17) is 0 Å². The Labute approximate surface area is 102 Å². The molecule has 0 amide bonds. The topological polar surface area (TPSA) is 12.0 Å². The van der Waals surface area contributed by atoms with Crippen molar-refractivity contribution >= 4 is 0 Å². The molecule has 0 unspecified atom stereocenters. The number of benzene rings is 1. The highest BCUT2D eigenvalue weighted by molar-refractivity contribution is 5.23. The Balaban J connectivity index is 1.52. The normalized spacial score (nSPS) is 21.5. The van der Waals surface area contributed by atoms with E-state index in [2.05, 4.69) is 5.32 Å². The van der Waals surface area contributed by atoms with Crippen LogP contribution in [0, 0.1) is 24.1 Å². The van der Waals surface area contributed by atoms with E-state index in [1.165, 1.54) is 31.2 Å². The van der Waals surface area contributed by atoms with Crippen LogP contribution >= 0.6 is 0 Å². The molecule has 0 saturated heterocycles. The van der Waals surface area contributed by atoms with Gasteiger partial charge in [-0.15, -0.1) is 0 Å². The van der Waals surface area contributed by atoms with Crippen LogP contribution in [0.25, 0.3) is 0 Å². The molecule has 2 aliphatic rings. The van der Waals surface area contributed by atoms with Gasteiger partial charge in [0.15, 0.2) is 0 Å². The zero-order chi connectivity index (χ0) is 11.9. The predicted octanol–water partition coefficient (Wildman–Crippen LogP) is 3.41. The zero-order valence-corrected chi connectivity index (χ0v) is 10.4. The fourth-order valence-electron chi connectivity index (χ4n) is 2.86. The summed E-state index contributed by atoms with van der Waals surface area (Å²) in [5.74, 6) is 0.898. The van der Waals surface area contributed by atoms with Crippen LogP contribution in [0.15, 0.2) is 18.2 Å². The van der Waals surface area contributed by atoms with Gasteiger partial charge in [0.2, 0.25) is 0 Å². The Morgan fingerprint density at radius 1 is 1.35 bits per heavy atom. The fraction of sp³-hybridized carbons (Fsp3) is 0.600. The number of hydrogen-bond acceptors (Lipinski definition) is 1. The maximum atomic E-state index is 13.1. The number of halogens is 1. The molecule has 0 atom stereocenters. The van der Waals surface area contributed by atoms with Crippen LogP contribution in [-0.2, 0) is 6.54 Å². The average Bonchev–Trinajstić information content (AvgIpc) is 3.14. The maximum Gasteiger partial charge on any atom is 0.126 e. The monoisotopic (exact) mass is 233 g/mol. The summed E-state index contributed by atoms with van der Waals surface area (Å²) in [5, 5.41) is 3.55. The smallest absolute Gasteiger partial charge is 0.126 e. The van der Waals surface area contributed by atoms with Gasteiger partial charge in [-0.25, -0.2) is 4.39 Å². The molecule has 17 heavy (non-hydrogen) atoms.